The lowest BCUT2D eigenvalue weighted by Gasteiger charge is -2.34. The molecule has 3 fully saturated rings. The monoisotopic (exact) mass is 387 g/mol. The van der Waals surface area contributed by atoms with Crippen molar-refractivity contribution in [1.82, 2.24) is 15.1 Å². The van der Waals surface area contributed by atoms with Crippen LogP contribution in [0.2, 0.25) is 0 Å². The molecule has 154 valence electrons. The zero-order chi connectivity index (χ0) is 19.3. The maximum atomic E-state index is 11.6. The summed E-state index contributed by atoms with van der Waals surface area (Å²) in [5.74, 6) is 2.36. The molecule has 3 saturated heterocycles. The minimum absolute atomic E-state index is 0.213. The molecule has 0 bridgehead atoms. The lowest BCUT2D eigenvalue weighted by Crippen LogP contribution is -2.46. The highest BCUT2D eigenvalue weighted by Gasteiger charge is 2.36. The molecule has 6 nitrogen and oxygen atoms in total. The molecule has 0 aromatic heterocycles. The maximum Gasteiger partial charge on any atom is 0.220 e. The molecule has 0 aliphatic carbocycles. The molecule has 1 N–H and O–H groups in total. The molecule has 0 spiro atoms. The Kier molecular flexibility index (Phi) is 6.37. The Morgan fingerprint density at radius 1 is 1.11 bits per heavy atom. The number of carbonyl (C=O) groups excluding carboxylic acids is 1. The number of ether oxygens (including phenoxy) is 2. The molecule has 0 unspecified atom stereocenters. The summed E-state index contributed by atoms with van der Waals surface area (Å²) in [5, 5.41) is 3.12. The molecule has 1 amide bonds. The van der Waals surface area contributed by atoms with Crippen LogP contribution in [0, 0.1) is 5.92 Å². The van der Waals surface area contributed by atoms with Crippen LogP contribution < -0.4 is 14.8 Å². The summed E-state index contributed by atoms with van der Waals surface area (Å²) in [6, 6.07) is 6.59. The molecular formula is C22H33N3O3. The Morgan fingerprint density at radius 2 is 1.96 bits per heavy atom. The number of benzene rings is 1. The lowest BCUT2D eigenvalue weighted by molar-refractivity contribution is -0.119. The molecule has 0 saturated carbocycles. The first-order valence-electron chi connectivity index (χ1n) is 10.7. The number of fused-ring (bicyclic) bond motifs is 1. The van der Waals surface area contributed by atoms with Gasteiger partial charge in [-0.1, -0.05) is 12.5 Å². The first-order chi connectivity index (χ1) is 13.7. The second kappa shape index (κ2) is 9.14. The SMILES string of the molecule is COc1cc(CN2CC[C@@H]3CC(=O)N[C@@H]3C2)ccc1OCCN1CCCCC1. The summed E-state index contributed by atoms with van der Waals surface area (Å²) in [6.07, 6.45) is 5.77. The van der Waals surface area contributed by atoms with E-state index in [0.29, 0.717) is 25.0 Å². The number of piperidine rings is 2. The van der Waals surface area contributed by atoms with Crippen LogP contribution in [0.4, 0.5) is 0 Å². The van der Waals surface area contributed by atoms with Gasteiger partial charge in [-0.3, -0.25) is 14.6 Å². The van der Waals surface area contributed by atoms with E-state index in [1.54, 1.807) is 7.11 Å². The van der Waals surface area contributed by atoms with E-state index in [1.807, 2.05) is 6.07 Å². The Bertz CT molecular complexity index is 675. The van der Waals surface area contributed by atoms with Crippen molar-refractivity contribution >= 4 is 5.91 Å². The number of likely N-dealkylation sites (tertiary alicyclic amines) is 2. The van der Waals surface area contributed by atoms with Crippen LogP contribution in [0.1, 0.15) is 37.7 Å². The van der Waals surface area contributed by atoms with Crippen LogP contribution >= 0.6 is 0 Å². The van der Waals surface area contributed by atoms with Gasteiger partial charge in [0.2, 0.25) is 5.91 Å². The van der Waals surface area contributed by atoms with Crippen molar-refractivity contribution in [2.75, 3.05) is 46.4 Å². The molecule has 3 aliphatic rings. The molecule has 3 heterocycles. The average Bonchev–Trinajstić information content (AvgIpc) is 3.09. The number of amides is 1. The Hall–Kier alpha value is -1.79. The first-order valence-corrected chi connectivity index (χ1v) is 10.7. The highest BCUT2D eigenvalue weighted by Crippen LogP contribution is 2.30. The van der Waals surface area contributed by atoms with E-state index >= 15 is 0 Å². The van der Waals surface area contributed by atoms with Crippen LogP contribution in [0.25, 0.3) is 0 Å². The Labute approximate surface area is 168 Å². The quantitative estimate of drug-likeness (QED) is 0.778. The number of hydrogen-bond acceptors (Lipinski definition) is 5. The molecule has 1 aromatic rings. The van der Waals surface area contributed by atoms with Gasteiger partial charge in [-0.25, -0.2) is 0 Å². The number of rotatable bonds is 7. The van der Waals surface area contributed by atoms with Gasteiger partial charge in [0.15, 0.2) is 11.5 Å². The van der Waals surface area contributed by atoms with E-state index < -0.39 is 0 Å². The van der Waals surface area contributed by atoms with Gasteiger partial charge in [0.1, 0.15) is 6.61 Å². The van der Waals surface area contributed by atoms with Crippen molar-refractivity contribution < 1.29 is 14.3 Å². The van der Waals surface area contributed by atoms with E-state index in [1.165, 1.54) is 37.9 Å². The average molecular weight is 388 g/mol. The smallest absolute Gasteiger partial charge is 0.220 e. The molecule has 4 rings (SSSR count). The van der Waals surface area contributed by atoms with Crippen molar-refractivity contribution in [1.29, 1.82) is 0 Å². The van der Waals surface area contributed by atoms with Gasteiger partial charge in [0, 0.05) is 32.1 Å². The van der Waals surface area contributed by atoms with Gasteiger partial charge >= 0.3 is 0 Å². The third kappa shape index (κ3) is 4.78. The molecule has 6 heteroatoms. The second-order valence-electron chi connectivity index (χ2n) is 8.40. The first kappa shape index (κ1) is 19.5. The minimum Gasteiger partial charge on any atom is -0.493 e. The van der Waals surface area contributed by atoms with E-state index in [4.69, 9.17) is 9.47 Å². The summed E-state index contributed by atoms with van der Waals surface area (Å²) in [7, 11) is 1.70. The van der Waals surface area contributed by atoms with Crippen LogP contribution in [0.5, 0.6) is 11.5 Å². The van der Waals surface area contributed by atoms with Crippen molar-refractivity contribution in [3.63, 3.8) is 0 Å². The van der Waals surface area contributed by atoms with Gasteiger partial charge < -0.3 is 14.8 Å². The van der Waals surface area contributed by atoms with E-state index in [0.717, 1.165) is 44.1 Å². The fourth-order valence-electron chi connectivity index (χ4n) is 4.78. The summed E-state index contributed by atoms with van der Waals surface area (Å²) in [5.41, 5.74) is 1.23. The van der Waals surface area contributed by atoms with Crippen LogP contribution in [0.3, 0.4) is 0 Å². The van der Waals surface area contributed by atoms with Gasteiger partial charge in [-0.05, 0) is 62.5 Å². The van der Waals surface area contributed by atoms with Gasteiger partial charge in [-0.15, -0.1) is 0 Å². The fraction of sp³-hybridized carbons (Fsp3) is 0.682. The number of nitrogens with one attached hydrogen (secondary N) is 1. The van der Waals surface area contributed by atoms with E-state index in [9.17, 15) is 4.79 Å². The molecule has 2 atom stereocenters. The zero-order valence-electron chi connectivity index (χ0n) is 17.0. The molecule has 3 aliphatic heterocycles. The Morgan fingerprint density at radius 3 is 2.79 bits per heavy atom. The topological polar surface area (TPSA) is 54.0 Å². The summed E-state index contributed by atoms with van der Waals surface area (Å²) in [4.78, 5) is 16.5. The summed E-state index contributed by atoms with van der Waals surface area (Å²) < 4.78 is 11.6. The van der Waals surface area contributed by atoms with Crippen LogP contribution in [-0.4, -0.2) is 68.2 Å². The lowest BCUT2D eigenvalue weighted by atomic mass is 9.92. The van der Waals surface area contributed by atoms with Crippen molar-refractivity contribution in [3.05, 3.63) is 23.8 Å². The maximum absolute atomic E-state index is 11.6. The van der Waals surface area contributed by atoms with E-state index in [-0.39, 0.29) is 5.91 Å². The van der Waals surface area contributed by atoms with Crippen LogP contribution in [0.15, 0.2) is 18.2 Å². The summed E-state index contributed by atoms with van der Waals surface area (Å²) >= 11 is 0. The molecule has 0 radical (unpaired) electrons. The van der Waals surface area contributed by atoms with Crippen molar-refractivity contribution in [3.8, 4) is 11.5 Å². The van der Waals surface area contributed by atoms with Gasteiger partial charge in [-0.2, -0.15) is 0 Å². The molecular weight excluding hydrogens is 354 g/mol. The predicted octanol–water partition coefficient (Wildman–Crippen LogP) is 2.27. The predicted molar refractivity (Wildman–Crippen MR) is 109 cm³/mol. The highest BCUT2D eigenvalue weighted by molar-refractivity contribution is 5.79. The number of methoxy groups -OCH3 is 1. The van der Waals surface area contributed by atoms with Crippen molar-refractivity contribution in [2.45, 2.75) is 44.7 Å². The second-order valence-corrected chi connectivity index (χ2v) is 8.40. The van der Waals surface area contributed by atoms with E-state index in [2.05, 4.69) is 27.2 Å². The van der Waals surface area contributed by atoms with Gasteiger partial charge in [0.05, 0.1) is 7.11 Å². The standard InChI is InChI=1S/C22H33N3O3/c1-27-21-13-17(15-25-10-7-18-14-22(26)23-19(18)16-25)5-6-20(21)28-12-11-24-8-3-2-4-9-24/h5-6,13,18-19H,2-4,7-12,14-16H2,1H3,(H,23,26)/t18-,19-/m1/s1. The minimum atomic E-state index is 0.213. The fourth-order valence-corrected chi connectivity index (χ4v) is 4.78. The molecule has 28 heavy (non-hydrogen) atoms. The van der Waals surface area contributed by atoms with Gasteiger partial charge in [0.25, 0.3) is 0 Å². The van der Waals surface area contributed by atoms with Crippen LogP contribution in [-0.2, 0) is 11.3 Å². The number of hydrogen-bond donors (Lipinski definition) is 1. The normalized spacial score (nSPS) is 26.0. The number of carbonyl (C=O) groups is 1. The summed E-state index contributed by atoms with van der Waals surface area (Å²) in [6.45, 7) is 6.93. The zero-order valence-corrected chi connectivity index (χ0v) is 17.0. The third-order valence-corrected chi connectivity index (χ3v) is 6.38. The Balaban J connectivity index is 1.29. The number of nitrogens with zero attached hydrogens (tertiary/aromatic N) is 2. The third-order valence-electron chi connectivity index (χ3n) is 6.38. The molecule has 1 aromatic carbocycles. The highest BCUT2D eigenvalue weighted by atomic mass is 16.5. The largest absolute Gasteiger partial charge is 0.493 e. The van der Waals surface area contributed by atoms with Crippen molar-refractivity contribution in [2.24, 2.45) is 5.92 Å².